The number of benzene rings is 1. The fraction of sp³-hybridized carbons (Fsp3) is 0.429. The van der Waals surface area contributed by atoms with Crippen molar-refractivity contribution in [3.05, 3.63) is 34.9 Å². The molecule has 0 radical (unpaired) electrons. The summed E-state index contributed by atoms with van der Waals surface area (Å²) >= 11 is 0. The zero-order valence-electron chi connectivity index (χ0n) is 11.5. The summed E-state index contributed by atoms with van der Waals surface area (Å²) in [7, 11) is 0. The minimum Gasteiger partial charge on any atom is -0.550 e. The Morgan fingerprint density at radius 3 is 2.48 bits per heavy atom. The van der Waals surface area contributed by atoms with E-state index >= 15 is 0 Å². The van der Waals surface area contributed by atoms with Crippen LogP contribution < -0.4 is 5.11 Å². The van der Waals surface area contributed by atoms with Crippen LogP contribution in [0, 0.1) is 12.8 Å². The van der Waals surface area contributed by atoms with Gasteiger partial charge >= 0.3 is 12.1 Å². The summed E-state index contributed by atoms with van der Waals surface area (Å²) in [5.74, 6) is -4.19. The summed E-state index contributed by atoms with van der Waals surface area (Å²) in [6.07, 6.45) is -4.85. The van der Waals surface area contributed by atoms with Gasteiger partial charge in [0.1, 0.15) is 6.61 Å². The van der Waals surface area contributed by atoms with E-state index in [1.165, 1.54) is 13.0 Å². The summed E-state index contributed by atoms with van der Waals surface area (Å²) in [5.41, 5.74) is 1.67. The van der Waals surface area contributed by atoms with Crippen LogP contribution in [0.4, 0.5) is 13.2 Å². The van der Waals surface area contributed by atoms with Crippen molar-refractivity contribution >= 4 is 11.9 Å². The molecule has 0 spiro atoms. The first kappa shape index (κ1) is 17.0. The van der Waals surface area contributed by atoms with Crippen LogP contribution in [0.15, 0.2) is 18.2 Å². The van der Waals surface area contributed by atoms with E-state index in [4.69, 9.17) is 0 Å². The second-order valence-corrected chi connectivity index (χ2v) is 4.76. The van der Waals surface area contributed by atoms with Gasteiger partial charge in [0.25, 0.3) is 0 Å². The van der Waals surface area contributed by atoms with Crippen LogP contribution in [0.1, 0.15) is 23.6 Å². The third-order valence-corrected chi connectivity index (χ3v) is 2.95. The Labute approximate surface area is 119 Å². The highest BCUT2D eigenvalue weighted by Gasteiger charge is 2.40. The number of carboxylic acids is 1. The Morgan fingerprint density at radius 1 is 1.33 bits per heavy atom. The average Bonchev–Trinajstić information content (AvgIpc) is 2.37. The molecular formula is C14H14F3O4-. The molecule has 0 bridgehead atoms. The first-order chi connectivity index (χ1) is 9.61. The van der Waals surface area contributed by atoms with Gasteiger partial charge in [-0.25, -0.2) is 4.79 Å². The van der Waals surface area contributed by atoms with Crippen molar-refractivity contribution in [1.82, 2.24) is 0 Å². The normalized spacial score (nSPS) is 12.8. The van der Waals surface area contributed by atoms with Gasteiger partial charge in [0, 0.05) is 5.97 Å². The lowest BCUT2D eigenvalue weighted by atomic mass is 9.97. The monoisotopic (exact) mass is 303 g/mol. The van der Waals surface area contributed by atoms with E-state index in [0.29, 0.717) is 16.7 Å². The first-order valence-corrected chi connectivity index (χ1v) is 6.14. The number of carboxylic acid groups (broad SMARTS) is 1. The summed E-state index contributed by atoms with van der Waals surface area (Å²) in [6, 6.07) is 4.83. The number of carbonyl (C=O) groups excluding carboxylic acids is 2. The van der Waals surface area contributed by atoms with Gasteiger partial charge in [-0.1, -0.05) is 25.1 Å². The molecule has 0 aliphatic carbocycles. The highest BCUT2D eigenvalue weighted by molar-refractivity contribution is 5.75. The van der Waals surface area contributed by atoms with E-state index in [1.807, 2.05) is 0 Å². The fourth-order valence-corrected chi connectivity index (χ4v) is 1.67. The molecular weight excluding hydrogens is 289 g/mol. The number of hydrogen-bond donors (Lipinski definition) is 0. The number of halogens is 3. The van der Waals surface area contributed by atoms with Crippen molar-refractivity contribution in [3.8, 4) is 0 Å². The Kier molecular flexibility index (Phi) is 5.34. The third-order valence-electron chi connectivity index (χ3n) is 2.95. The molecule has 0 amide bonds. The van der Waals surface area contributed by atoms with Crippen LogP contribution >= 0.6 is 0 Å². The molecule has 0 aliphatic rings. The molecule has 21 heavy (non-hydrogen) atoms. The van der Waals surface area contributed by atoms with Crippen LogP contribution in [0.5, 0.6) is 0 Å². The molecule has 7 heteroatoms. The SMILES string of the molecule is Cc1ccc(CC(C)C(=O)[O-])cc1COC(=O)C(F)(F)F. The Morgan fingerprint density at radius 2 is 1.95 bits per heavy atom. The van der Waals surface area contributed by atoms with Crippen LogP contribution in [0.25, 0.3) is 0 Å². The van der Waals surface area contributed by atoms with Crippen molar-refractivity contribution in [1.29, 1.82) is 0 Å². The Balaban J connectivity index is 2.79. The zero-order chi connectivity index (χ0) is 16.2. The molecule has 1 atom stereocenters. The van der Waals surface area contributed by atoms with Gasteiger partial charge in [0.2, 0.25) is 0 Å². The second kappa shape index (κ2) is 6.60. The van der Waals surface area contributed by atoms with Gasteiger partial charge < -0.3 is 14.6 Å². The molecule has 1 aromatic carbocycles. The lowest BCUT2D eigenvalue weighted by Crippen LogP contribution is -2.30. The standard InChI is InChI=1S/C14H15F3O4/c1-8-3-4-10(5-9(2)12(18)19)6-11(8)7-21-13(20)14(15,16)17/h3-4,6,9H,5,7H2,1-2H3,(H,18,19)/p-1. The number of aliphatic carboxylic acids is 1. The molecule has 1 unspecified atom stereocenters. The topological polar surface area (TPSA) is 66.4 Å². The molecule has 0 aromatic heterocycles. The molecule has 0 aliphatic heterocycles. The smallest absolute Gasteiger partial charge is 0.490 e. The third kappa shape index (κ3) is 5.09. The zero-order valence-corrected chi connectivity index (χ0v) is 11.5. The number of ether oxygens (including phenoxy) is 1. The van der Waals surface area contributed by atoms with Crippen LogP contribution in [-0.2, 0) is 27.4 Å². The molecule has 0 heterocycles. The number of rotatable bonds is 5. The fourth-order valence-electron chi connectivity index (χ4n) is 1.67. The molecule has 1 aromatic rings. The number of hydrogen-bond acceptors (Lipinski definition) is 4. The minimum absolute atomic E-state index is 0.183. The Hall–Kier alpha value is -2.05. The van der Waals surface area contributed by atoms with Crippen LogP contribution in [0.3, 0.4) is 0 Å². The van der Waals surface area contributed by atoms with Crippen LogP contribution in [-0.4, -0.2) is 18.1 Å². The van der Waals surface area contributed by atoms with Crippen molar-refractivity contribution in [2.45, 2.75) is 33.1 Å². The van der Waals surface area contributed by atoms with Gasteiger partial charge in [-0.2, -0.15) is 13.2 Å². The molecule has 116 valence electrons. The van der Waals surface area contributed by atoms with E-state index < -0.39 is 30.6 Å². The van der Waals surface area contributed by atoms with Gasteiger partial charge in [0.05, 0.1) is 0 Å². The van der Waals surface area contributed by atoms with Crippen molar-refractivity contribution in [2.75, 3.05) is 0 Å². The van der Waals surface area contributed by atoms with E-state index in [9.17, 15) is 27.9 Å². The van der Waals surface area contributed by atoms with Crippen molar-refractivity contribution in [2.24, 2.45) is 5.92 Å². The molecule has 0 saturated carbocycles. The summed E-state index contributed by atoms with van der Waals surface area (Å²) in [6.45, 7) is 2.61. The number of alkyl halides is 3. The van der Waals surface area contributed by atoms with Gasteiger partial charge in [0.15, 0.2) is 0 Å². The average molecular weight is 303 g/mol. The maximum atomic E-state index is 12.0. The largest absolute Gasteiger partial charge is 0.550 e. The number of carbonyl (C=O) groups is 2. The summed E-state index contributed by atoms with van der Waals surface area (Å²) in [5, 5.41) is 10.7. The van der Waals surface area contributed by atoms with E-state index in [0.717, 1.165) is 0 Å². The maximum absolute atomic E-state index is 12.0. The second-order valence-electron chi connectivity index (χ2n) is 4.76. The molecule has 0 N–H and O–H groups in total. The molecule has 0 saturated heterocycles. The highest BCUT2D eigenvalue weighted by Crippen LogP contribution is 2.20. The lowest BCUT2D eigenvalue weighted by molar-refractivity contribution is -0.310. The van der Waals surface area contributed by atoms with Gasteiger partial charge in [-0.3, -0.25) is 0 Å². The van der Waals surface area contributed by atoms with Gasteiger partial charge in [-0.15, -0.1) is 0 Å². The maximum Gasteiger partial charge on any atom is 0.490 e. The summed E-state index contributed by atoms with van der Waals surface area (Å²) < 4.78 is 40.3. The van der Waals surface area contributed by atoms with Crippen LogP contribution in [0.2, 0.25) is 0 Å². The number of aryl methyl sites for hydroxylation is 1. The highest BCUT2D eigenvalue weighted by atomic mass is 19.4. The molecule has 0 fully saturated rings. The van der Waals surface area contributed by atoms with E-state index in [1.54, 1.807) is 19.1 Å². The first-order valence-electron chi connectivity index (χ1n) is 6.14. The van der Waals surface area contributed by atoms with Crippen molar-refractivity contribution < 1.29 is 32.6 Å². The molecule has 1 rings (SSSR count). The van der Waals surface area contributed by atoms with Crippen molar-refractivity contribution in [3.63, 3.8) is 0 Å². The number of esters is 1. The van der Waals surface area contributed by atoms with E-state index in [2.05, 4.69) is 4.74 Å². The van der Waals surface area contributed by atoms with E-state index in [-0.39, 0.29) is 6.42 Å². The predicted octanol–water partition coefficient (Wildman–Crippen LogP) is 1.53. The quantitative estimate of drug-likeness (QED) is 0.774. The lowest BCUT2D eigenvalue weighted by Gasteiger charge is -2.14. The molecule has 4 nitrogen and oxygen atoms in total. The summed E-state index contributed by atoms with van der Waals surface area (Å²) in [4.78, 5) is 21.3. The Bertz CT molecular complexity index is 538. The minimum atomic E-state index is -5.03. The predicted molar refractivity (Wildman–Crippen MR) is 64.9 cm³/mol. The van der Waals surface area contributed by atoms with Gasteiger partial charge in [-0.05, 0) is 36.0 Å².